The van der Waals surface area contributed by atoms with E-state index in [0.29, 0.717) is 54.6 Å². The van der Waals surface area contributed by atoms with Crippen molar-refractivity contribution in [1.82, 2.24) is 40.0 Å². The normalized spacial score (nSPS) is 24.6. The summed E-state index contributed by atoms with van der Waals surface area (Å²) in [7, 11) is 2.77. The van der Waals surface area contributed by atoms with Gasteiger partial charge in [-0.05, 0) is 96.2 Å². The van der Waals surface area contributed by atoms with E-state index in [1.54, 1.807) is 0 Å². The number of carbonyl (C=O) groups is 4. The smallest absolute Gasteiger partial charge is 0.407 e. The van der Waals surface area contributed by atoms with Gasteiger partial charge in [0.15, 0.2) is 0 Å². The first-order valence-electron chi connectivity index (χ1n) is 22.4. The molecule has 4 N–H and O–H groups in total. The molecule has 10 rings (SSSR count). The van der Waals surface area contributed by atoms with Crippen LogP contribution in [0.2, 0.25) is 5.15 Å². The highest BCUT2D eigenvalue weighted by molar-refractivity contribution is 6.32. The van der Waals surface area contributed by atoms with Crippen molar-refractivity contribution in [3.05, 3.63) is 83.7 Å². The van der Waals surface area contributed by atoms with Crippen LogP contribution in [-0.2, 0) is 19.1 Å². The standard InChI is InChI=1S/C48H53ClN8O7/c1-24(2)41(55(3)48(61)62)46(59)57-36-20-33(36)22-38(57)44-52-39(42(49)54-44)26-7-5-25(6-8-26)28-9-10-30-18-31(12-11-29(30)17-28)34-23-50-43(51-34)37-21-32-19-35(32)56(37)45(58)40(53-47(60)63-4)27-13-15-64-16-14-27/h5-12,17-18,23-24,27,32-33,35-38,40-41H,13-16,19-22H2,1-4H3,(H,50,51)(H,52,54)(H,53,60)(H,61,62)/t32-,33+,35+,36+,37-,38-,40-,41-/m0/s1. The number of likely N-dealkylation sites (N-methyl/N-ethyl adjacent to an activating group) is 1. The van der Waals surface area contributed by atoms with E-state index < -0.39 is 24.3 Å². The van der Waals surface area contributed by atoms with Crippen molar-refractivity contribution < 1.29 is 33.8 Å². The Bertz CT molecular complexity index is 2620. The summed E-state index contributed by atoms with van der Waals surface area (Å²) in [5.74, 6) is 1.66. The molecule has 5 aromatic rings. The van der Waals surface area contributed by atoms with Gasteiger partial charge >= 0.3 is 12.2 Å². The molecule has 15 nitrogen and oxygen atoms in total. The van der Waals surface area contributed by atoms with Crippen LogP contribution in [0.1, 0.15) is 76.1 Å². The summed E-state index contributed by atoms with van der Waals surface area (Å²) < 4.78 is 10.5. The molecule has 2 aliphatic carbocycles. The minimum atomic E-state index is -1.13. The zero-order chi connectivity index (χ0) is 44.6. The number of nitrogens with one attached hydrogen (secondary N) is 3. The highest BCUT2D eigenvalue weighted by Gasteiger charge is 2.58. The largest absolute Gasteiger partial charge is 0.465 e. The summed E-state index contributed by atoms with van der Waals surface area (Å²) in [6.07, 6.45) is 4.95. The SMILES string of the molecule is COC(=O)N[C@H](C(=O)N1[C@@H]2C[C@H]2C[C@H]1c1ncc(-c2ccc3cc(-c4ccc(-c5nc([C@@H]6C[C@H]7C[C@H]7N6C(=O)[C@H](C(C)C)N(C)C(=O)O)[nH]c5Cl)cc4)ccc3c2)[nH]1)C1CCOCC1. The van der Waals surface area contributed by atoms with Crippen LogP contribution >= 0.6 is 11.6 Å². The molecule has 3 aromatic carbocycles. The van der Waals surface area contributed by atoms with Crippen LogP contribution in [0.25, 0.3) is 44.4 Å². The van der Waals surface area contributed by atoms with Crippen molar-refractivity contribution in [2.24, 2.45) is 23.7 Å². The highest BCUT2D eigenvalue weighted by atomic mass is 35.5. The summed E-state index contributed by atoms with van der Waals surface area (Å²) in [4.78, 5) is 73.9. The van der Waals surface area contributed by atoms with Gasteiger partial charge in [-0.3, -0.25) is 14.5 Å². The Kier molecular flexibility index (Phi) is 10.9. The van der Waals surface area contributed by atoms with Crippen molar-refractivity contribution in [1.29, 1.82) is 0 Å². The number of piperidine rings is 2. The van der Waals surface area contributed by atoms with E-state index >= 15 is 0 Å². The molecule has 3 aliphatic heterocycles. The summed E-state index contributed by atoms with van der Waals surface area (Å²) in [6.45, 7) is 4.86. The fourth-order valence-corrected chi connectivity index (χ4v) is 11.0. The van der Waals surface area contributed by atoms with E-state index in [2.05, 4.69) is 63.8 Å². The predicted molar refractivity (Wildman–Crippen MR) is 239 cm³/mol. The third-order valence-corrected chi connectivity index (χ3v) is 14.6. The minimum Gasteiger partial charge on any atom is -0.465 e. The lowest BCUT2D eigenvalue weighted by molar-refractivity contribution is -0.140. The van der Waals surface area contributed by atoms with Gasteiger partial charge in [0.2, 0.25) is 11.8 Å². The molecule has 5 aliphatic rings. The second-order valence-electron chi connectivity index (χ2n) is 18.6. The quantitative estimate of drug-likeness (QED) is 0.102. The second-order valence-corrected chi connectivity index (χ2v) is 19.0. The van der Waals surface area contributed by atoms with E-state index in [4.69, 9.17) is 31.0 Å². The number of carboxylic acid groups (broad SMARTS) is 1. The van der Waals surface area contributed by atoms with Crippen LogP contribution in [0.4, 0.5) is 9.59 Å². The first-order chi connectivity index (χ1) is 30.9. The molecule has 2 saturated carbocycles. The summed E-state index contributed by atoms with van der Waals surface area (Å²) in [5.41, 5.74) is 5.39. The van der Waals surface area contributed by atoms with Gasteiger partial charge in [0, 0.05) is 43.5 Å². The molecule has 5 fully saturated rings. The number of carbonyl (C=O) groups excluding carboxylic acids is 3. The van der Waals surface area contributed by atoms with Crippen LogP contribution < -0.4 is 5.32 Å². The number of nitrogens with zero attached hydrogens (tertiary/aromatic N) is 5. The molecule has 2 aromatic heterocycles. The first-order valence-corrected chi connectivity index (χ1v) is 22.7. The van der Waals surface area contributed by atoms with Gasteiger partial charge in [-0.1, -0.05) is 74.0 Å². The maximum Gasteiger partial charge on any atom is 0.407 e. The molecule has 5 heterocycles. The summed E-state index contributed by atoms with van der Waals surface area (Å²) in [5, 5.41) is 15.1. The predicted octanol–water partition coefficient (Wildman–Crippen LogP) is 8.05. The molecule has 64 heavy (non-hydrogen) atoms. The average molecular weight is 889 g/mol. The Morgan fingerprint density at radius 1 is 0.828 bits per heavy atom. The number of fused-ring (bicyclic) bond motifs is 3. The number of likely N-dealkylation sites (tertiary alicyclic amines) is 2. The third kappa shape index (κ3) is 7.65. The number of imidazole rings is 2. The highest BCUT2D eigenvalue weighted by Crippen LogP contribution is 2.55. The number of aromatic nitrogens is 4. The number of ether oxygens (including phenoxy) is 2. The average Bonchev–Trinajstić information content (AvgIpc) is 3.94. The molecule has 0 radical (unpaired) electrons. The van der Waals surface area contributed by atoms with Crippen LogP contribution in [0, 0.1) is 23.7 Å². The Morgan fingerprint density at radius 2 is 1.42 bits per heavy atom. The molecular weight excluding hydrogens is 836 g/mol. The van der Waals surface area contributed by atoms with Gasteiger partial charge in [-0.2, -0.15) is 0 Å². The van der Waals surface area contributed by atoms with Crippen molar-refractivity contribution in [3.8, 4) is 33.6 Å². The fraction of sp³-hybridized carbons (Fsp3) is 0.458. The maximum atomic E-state index is 14.3. The summed E-state index contributed by atoms with van der Waals surface area (Å²) >= 11 is 6.79. The summed E-state index contributed by atoms with van der Waals surface area (Å²) in [6, 6.07) is 19.1. The maximum absolute atomic E-state index is 14.3. The zero-order valence-electron chi connectivity index (χ0n) is 36.3. The minimum absolute atomic E-state index is 0.0287. The molecule has 8 atom stereocenters. The number of methoxy groups -OCH3 is 1. The Hall–Kier alpha value is -5.93. The molecule has 16 heteroatoms. The van der Waals surface area contributed by atoms with Crippen molar-refractivity contribution >= 4 is 46.4 Å². The molecule has 0 bridgehead atoms. The number of benzene rings is 3. The Labute approximate surface area is 375 Å². The van der Waals surface area contributed by atoms with Crippen LogP contribution in [0.5, 0.6) is 0 Å². The number of H-pyrrole nitrogens is 2. The number of aromatic amines is 2. The Balaban J connectivity index is 0.835. The molecule has 0 spiro atoms. The van der Waals surface area contributed by atoms with Crippen molar-refractivity contribution in [2.75, 3.05) is 27.4 Å². The number of rotatable bonds is 11. The van der Waals surface area contributed by atoms with E-state index in [-0.39, 0.29) is 47.8 Å². The molecule has 334 valence electrons. The number of halogens is 1. The molecular formula is C48H53ClN8O7. The van der Waals surface area contributed by atoms with E-state index in [9.17, 15) is 24.3 Å². The number of hydrogen-bond acceptors (Lipinski definition) is 8. The van der Waals surface area contributed by atoms with Crippen LogP contribution in [-0.4, -0.2) is 115 Å². The van der Waals surface area contributed by atoms with Gasteiger partial charge in [0.1, 0.15) is 34.6 Å². The van der Waals surface area contributed by atoms with Crippen molar-refractivity contribution in [2.45, 2.75) is 88.6 Å². The zero-order valence-corrected chi connectivity index (χ0v) is 37.0. The number of amides is 4. The van der Waals surface area contributed by atoms with E-state index in [1.807, 2.05) is 42.0 Å². The van der Waals surface area contributed by atoms with E-state index in [1.165, 1.54) is 14.2 Å². The second kappa shape index (κ2) is 16.6. The van der Waals surface area contributed by atoms with E-state index in [0.717, 1.165) is 75.1 Å². The van der Waals surface area contributed by atoms with Gasteiger partial charge in [-0.25, -0.2) is 19.6 Å². The first kappa shape index (κ1) is 42.0. The lowest BCUT2D eigenvalue weighted by Crippen LogP contribution is -2.54. The van der Waals surface area contributed by atoms with Gasteiger partial charge in [-0.15, -0.1) is 0 Å². The number of hydrogen-bond donors (Lipinski definition) is 4. The van der Waals surface area contributed by atoms with Gasteiger partial charge in [0.25, 0.3) is 0 Å². The monoisotopic (exact) mass is 888 g/mol. The van der Waals surface area contributed by atoms with Gasteiger partial charge in [0.05, 0.1) is 31.1 Å². The topological polar surface area (TPSA) is 186 Å². The van der Waals surface area contributed by atoms with Crippen LogP contribution in [0.3, 0.4) is 0 Å². The molecule has 3 saturated heterocycles. The Morgan fingerprint density at radius 3 is 2.06 bits per heavy atom. The lowest BCUT2D eigenvalue weighted by Gasteiger charge is -2.35. The van der Waals surface area contributed by atoms with Gasteiger partial charge < -0.3 is 39.7 Å². The third-order valence-electron chi connectivity index (χ3n) is 14.3. The number of alkyl carbamates (subject to hydrolysis) is 1. The molecule has 4 amide bonds. The fourth-order valence-electron chi connectivity index (χ4n) is 10.8. The lowest BCUT2D eigenvalue weighted by atomic mass is 9.90. The van der Waals surface area contributed by atoms with Crippen molar-refractivity contribution in [3.63, 3.8) is 0 Å². The molecule has 0 unspecified atom stereocenters. The van der Waals surface area contributed by atoms with Crippen LogP contribution in [0.15, 0.2) is 66.9 Å².